The molecule has 0 aliphatic heterocycles. The van der Waals surface area contributed by atoms with Gasteiger partial charge in [-0.3, -0.25) is 9.10 Å². The zero-order chi connectivity index (χ0) is 27.2. The molecule has 0 saturated carbocycles. The van der Waals surface area contributed by atoms with Crippen LogP contribution in [0, 0.1) is 6.92 Å². The van der Waals surface area contributed by atoms with Crippen LogP contribution in [0.3, 0.4) is 0 Å². The quantitative estimate of drug-likeness (QED) is 0.368. The molecule has 0 atom stereocenters. The molecule has 0 bridgehead atoms. The average molecular weight is 547 g/mol. The fraction of sp³-hybridized carbons (Fsp3) is 0.231. The fourth-order valence-corrected chi connectivity index (χ4v) is 5.11. The van der Waals surface area contributed by atoms with Crippen LogP contribution < -0.4 is 19.1 Å². The summed E-state index contributed by atoms with van der Waals surface area (Å²) in [7, 11) is -1.36. The number of carbonyl (C=O) groups excluding carboxylic acids is 2. The Labute approximate surface area is 221 Å². The number of esters is 1. The topological polar surface area (TPSA) is 111 Å². The lowest BCUT2D eigenvalue weighted by atomic mass is 10.2. The van der Waals surface area contributed by atoms with Crippen LogP contribution in [-0.4, -0.2) is 47.7 Å². The first kappa shape index (κ1) is 27.8. The molecule has 0 spiro atoms. The largest absolute Gasteiger partial charge is 0.497 e. The van der Waals surface area contributed by atoms with Gasteiger partial charge in [0.2, 0.25) is 5.91 Å². The Morgan fingerprint density at radius 3 is 2.27 bits per heavy atom. The molecule has 0 heterocycles. The molecule has 0 saturated heterocycles. The van der Waals surface area contributed by atoms with Crippen molar-refractivity contribution >= 4 is 44.9 Å². The van der Waals surface area contributed by atoms with Gasteiger partial charge < -0.3 is 19.5 Å². The first-order valence-electron chi connectivity index (χ1n) is 11.2. The van der Waals surface area contributed by atoms with Crippen molar-refractivity contribution in [2.45, 2.75) is 18.7 Å². The number of hydrogen-bond acceptors (Lipinski definition) is 7. The summed E-state index contributed by atoms with van der Waals surface area (Å²) in [5.74, 6) is -0.640. The third-order valence-corrected chi connectivity index (χ3v) is 7.39. The van der Waals surface area contributed by atoms with Crippen LogP contribution in [0.5, 0.6) is 11.5 Å². The van der Waals surface area contributed by atoms with Gasteiger partial charge >= 0.3 is 5.97 Å². The summed E-state index contributed by atoms with van der Waals surface area (Å²) >= 11 is 6.19. The van der Waals surface area contributed by atoms with Crippen LogP contribution in [0.25, 0.3) is 0 Å². The highest BCUT2D eigenvalue weighted by Gasteiger charge is 2.30. The Hall–Kier alpha value is -3.76. The van der Waals surface area contributed by atoms with E-state index in [1.54, 1.807) is 31.2 Å². The standard InChI is InChI=1S/C26H27ClN2O7S/c1-5-36-26(31)21-12-8-18(14-22(21)27)28-25(30)16-29(23-15-19(34-3)9-13-24(23)35-4)37(32,33)20-10-6-17(2)7-11-20/h6-15H,5,16H2,1-4H3,(H,28,30). The molecule has 1 amide bonds. The van der Waals surface area contributed by atoms with E-state index in [4.69, 9.17) is 25.8 Å². The Morgan fingerprint density at radius 2 is 1.68 bits per heavy atom. The molecule has 37 heavy (non-hydrogen) atoms. The Kier molecular flexibility index (Phi) is 9.01. The molecule has 3 rings (SSSR count). The van der Waals surface area contributed by atoms with Gasteiger partial charge in [0.15, 0.2) is 0 Å². The van der Waals surface area contributed by atoms with Crippen LogP contribution in [0.15, 0.2) is 65.6 Å². The highest BCUT2D eigenvalue weighted by molar-refractivity contribution is 7.92. The first-order chi connectivity index (χ1) is 17.6. The number of aryl methyl sites for hydroxylation is 1. The molecule has 9 nitrogen and oxygen atoms in total. The molecule has 196 valence electrons. The van der Waals surface area contributed by atoms with Crippen molar-refractivity contribution in [3.8, 4) is 11.5 Å². The maximum atomic E-state index is 13.7. The lowest BCUT2D eigenvalue weighted by Crippen LogP contribution is -2.38. The van der Waals surface area contributed by atoms with Gasteiger partial charge in [0, 0.05) is 11.8 Å². The number of benzene rings is 3. The van der Waals surface area contributed by atoms with Crippen molar-refractivity contribution in [1.29, 1.82) is 0 Å². The maximum absolute atomic E-state index is 13.7. The summed E-state index contributed by atoms with van der Waals surface area (Å²) < 4.78 is 44.0. The molecular formula is C26H27ClN2O7S. The molecule has 3 aromatic carbocycles. The second-order valence-corrected chi connectivity index (χ2v) is 10.1. The molecule has 3 aromatic rings. The third-order valence-electron chi connectivity index (χ3n) is 5.30. The minimum atomic E-state index is -4.20. The van der Waals surface area contributed by atoms with E-state index in [-0.39, 0.29) is 39.2 Å². The minimum Gasteiger partial charge on any atom is -0.497 e. The molecule has 0 aromatic heterocycles. The Bertz CT molecular complexity index is 1390. The molecule has 0 aliphatic carbocycles. The number of methoxy groups -OCH3 is 2. The summed E-state index contributed by atoms with van der Waals surface area (Å²) in [4.78, 5) is 25.1. The summed E-state index contributed by atoms with van der Waals surface area (Å²) in [5.41, 5.74) is 1.41. The van der Waals surface area contributed by atoms with Crippen molar-refractivity contribution in [3.63, 3.8) is 0 Å². The minimum absolute atomic E-state index is 0.00222. The zero-order valence-corrected chi connectivity index (χ0v) is 22.4. The number of nitrogens with one attached hydrogen (secondary N) is 1. The van der Waals surface area contributed by atoms with E-state index in [0.717, 1.165) is 9.87 Å². The van der Waals surface area contributed by atoms with Gasteiger partial charge in [-0.05, 0) is 56.3 Å². The number of hydrogen-bond donors (Lipinski definition) is 1. The van der Waals surface area contributed by atoms with Crippen LogP contribution in [-0.2, 0) is 19.6 Å². The van der Waals surface area contributed by atoms with E-state index in [0.29, 0.717) is 5.75 Å². The zero-order valence-electron chi connectivity index (χ0n) is 20.8. The monoisotopic (exact) mass is 546 g/mol. The number of ether oxygens (including phenoxy) is 3. The summed E-state index contributed by atoms with van der Waals surface area (Å²) in [6.45, 7) is 3.11. The third kappa shape index (κ3) is 6.52. The van der Waals surface area contributed by atoms with Crippen molar-refractivity contribution in [3.05, 3.63) is 76.8 Å². The van der Waals surface area contributed by atoms with Gasteiger partial charge in [0.25, 0.3) is 10.0 Å². The Balaban J connectivity index is 1.98. The molecule has 0 radical (unpaired) electrons. The van der Waals surface area contributed by atoms with Crippen molar-refractivity contribution in [1.82, 2.24) is 0 Å². The van der Waals surface area contributed by atoms with Crippen molar-refractivity contribution in [2.75, 3.05) is 37.0 Å². The van der Waals surface area contributed by atoms with Crippen LogP contribution in [0.4, 0.5) is 11.4 Å². The predicted molar refractivity (Wildman–Crippen MR) is 141 cm³/mol. The highest BCUT2D eigenvalue weighted by Crippen LogP contribution is 2.36. The summed E-state index contributed by atoms with van der Waals surface area (Å²) in [6, 6.07) is 15.2. The van der Waals surface area contributed by atoms with Gasteiger partial charge in [0.1, 0.15) is 18.0 Å². The molecule has 1 N–H and O–H groups in total. The van der Waals surface area contributed by atoms with Crippen LogP contribution >= 0.6 is 11.6 Å². The molecule has 0 unspecified atom stereocenters. The van der Waals surface area contributed by atoms with E-state index >= 15 is 0 Å². The molecule has 11 heteroatoms. The number of rotatable bonds is 10. The average Bonchev–Trinajstić information content (AvgIpc) is 2.87. The second-order valence-electron chi connectivity index (χ2n) is 7.83. The van der Waals surface area contributed by atoms with Crippen LogP contribution in [0.1, 0.15) is 22.8 Å². The van der Waals surface area contributed by atoms with Gasteiger partial charge in [-0.25, -0.2) is 13.2 Å². The number of anilines is 2. The number of sulfonamides is 1. The SMILES string of the molecule is CCOC(=O)c1ccc(NC(=O)CN(c2cc(OC)ccc2OC)S(=O)(=O)c2ccc(C)cc2)cc1Cl. The number of halogens is 1. The summed E-state index contributed by atoms with van der Waals surface area (Å²) in [5, 5.41) is 2.70. The number of amides is 1. The second kappa shape index (κ2) is 12.0. The lowest BCUT2D eigenvalue weighted by molar-refractivity contribution is -0.114. The van der Waals surface area contributed by atoms with Gasteiger partial charge in [-0.15, -0.1) is 0 Å². The maximum Gasteiger partial charge on any atom is 0.339 e. The number of nitrogens with zero attached hydrogens (tertiary/aromatic N) is 1. The normalized spacial score (nSPS) is 10.9. The number of carbonyl (C=O) groups is 2. The van der Waals surface area contributed by atoms with Gasteiger partial charge in [-0.1, -0.05) is 29.3 Å². The lowest BCUT2D eigenvalue weighted by Gasteiger charge is -2.26. The van der Waals surface area contributed by atoms with E-state index in [9.17, 15) is 18.0 Å². The fourth-order valence-electron chi connectivity index (χ4n) is 3.43. The predicted octanol–water partition coefficient (Wildman–Crippen LogP) is 4.68. The van der Waals surface area contributed by atoms with Gasteiger partial charge in [0.05, 0.1) is 42.0 Å². The van der Waals surface area contributed by atoms with Crippen molar-refractivity contribution in [2.24, 2.45) is 0 Å². The van der Waals surface area contributed by atoms with E-state index < -0.39 is 28.4 Å². The highest BCUT2D eigenvalue weighted by atomic mass is 35.5. The van der Waals surface area contributed by atoms with E-state index in [1.807, 2.05) is 6.92 Å². The smallest absolute Gasteiger partial charge is 0.339 e. The van der Waals surface area contributed by atoms with E-state index in [1.165, 1.54) is 50.6 Å². The molecule has 0 aliphatic rings. The Morgan fingerprint density at radius 1 is 0.973 bits per heavy atom. The van der Waals surface area contributed by atoms with E-state index in [2.05, 4.69) is 5.32 Å². The molecule has 0 fully saturated rings. The van der Waals surface area contributed by atoms with Gasteiger partial charge in [-0.2, -0.15) is 0 Å². The first-order valence-corrected chi connectivity index (χ1v) is 13.0. The molecular weight excluding hydrogens is 520 g/mol. The van der Waals surface area contributed by atoms with Crippen LogP contribution in [0.2, 0.25) is 5.02 Å². The van der Waals surface area contributed by atoms with Crippen molar-refractivity contribution < 1.29 is 32.2 Å². The summed E-state index contributed by atoms with van der Waals surface area (Å²) in [6.07, 6.45) is 0.